The molecule has 31 heavy (non-hydrogen) atoms. The topological polar surface area (TPSA) is 90.7 Å². The van der Waals surface area contributed by atoms with E-state index in [9.17, 15) is 26.4 Å². The van der Waals surface area contributed by atoms with Gasteiger partial charge in [-0.25, -0.2) is 9.48 Å². The molecule has 0 aromatic carbocycles. The summed E-state index contributed by atoms with van der Waals surface area (Å²) in [7, 11) is -3.63. The van der Waals surface area contributed by atoms with Crippen molar-refractivity contribution in [2.75, 3.05) is 6.54 Å². The van der Waals surface area contributed by atoms with E-state index in [0.29, 0.717) is 38.1 Å². The fourth-order valence-electron chi connectivity index (χ4n) is 4.26. The van der Waals surface area contributed by atoms with Crippen LogP contribution in [0.5, 0.6) is 5.88 Å². The van der Waals surface area contributed by atoms with Gasteiger partial charge in [0, 0.05) is 24.6 Å². The molecule has 0 radical (unpaired) electrons. The van der Waals surface area contributed by atoms with E-state index in [0.717, 1.165) is 17.7 Å². The summed E-state index contributed by atoms with van der Waals surface area (Å²) in [6.45, 7) is 4.27. The molecule has 0 saturated heterocycles. The summed E-state index contributed by atoms with van der Waals surface area (Å²) in [5.74, 6) is 0.357. The predicted molar refractivity (Wildman–Crippen MR) is 105 cm³/mol. The molecule has 2 aliphatic heterocycles. The lowest BCUT2D eigenvalue weighted by atomic mass is 10.1. The van der Waals surface area contributed by atoms with E-state index in [1.165, 1.54) is 0 Å². The summed E-state index contributed by atoms with van der Waals surface area (Å²) in [6.07, 6.45) is 2.69. The third-order valence-electron chi connectivity index (χ3n) is 5.60. The first-order chi connectivity index (χ1) is 14.3. The fraction of sp³-hybridized carbons (Fsp3) is 0.789. The molecule has 3 heterocycles. The predicted octanol–water partition coefficient (Wildman–Crippen LogP) is 3.60. The molecule has 2 bridgehead atoms. The summed E-state index contributed by atoms with van der Waals surface area (Å²) in [5, 5.41) is 4.28. The Morgan fingerprint density at radius 3 is 2.52 bits per heavy atom. The minimum Gasteiger partial charge on any atom is -0.444 e. The van der Waals surface area contributed by atoms with Crippen molar-refractivity contribution in [3.8, 4) is 5.88 Å². The van der Waals surface area contributed by atoms with Gasteiger partial charge < -0.3 is 13.8 Å². The molecule has 3 unspecified atom stereocenters. The Morgan fingerprint density at radius 2 is 1.90 bits per heavy atom. The minimum atomic E-state index is -3.67. The Kier molecular flexibility index (Phi) is 6.50. The van der Waals surface area contributed by atoms with E-state index in [1.807, 2.05) is 27.7 Å². The molecule has 8 nitrogen and oxygen atoms in total. The fourth-order valence-corrected chi connectivity index (χ4v) is 5.68. The van der Waals surface area contributed by atoms with Crippen LogP contribution in [0.15, 0.2) is 0 Å². The molecule has 0 N–H and O–H groups in total. The van der Waals surface area contributed by atoms with Gasteiger partial charge in [-0.1, -0.05) is 0 Å². The number of aromatic nitrogens is 2. The van der Waals surface area contributed by atoms with E-state index in [-0.39, 0.29) is 18.2 Å². The second kappa shape index (κ2) is 8.51. The molecule has 1 aromatic heterocycles. The van der Waals surface area contributed by atoms with Crippen molar-refractivity contribution in [1.82, 2.24) is 14.7 Å². The van der Waals surface area contributed by atoms with Gasteiger partial charge in [-0.05, 0) is 53.4 Å². The number of hydrogen-bond acceptors (Lipinski definition) is 6. The van der Waals surface area contributed by atoms with Crippen LogP contribution in [-0.4, -0.2) is 59.3 Å². The first-order valence-corrected chi connectivity index (χ1v) is 11.7. The first kappa shape index (κ1) is 23.7. The van der Waals surface area contributed by atoms with E-state index < -0.39 is 27.6 Å². The number of halogens is 3. The van der Waals surface area contributed by atoms with Gasteiger partial charge in [0.2, 0.25) is 5.88 Å². The molecule has 1 saturated carbocycles. The first-order valence-electron chi connectivity index (χ1n) is 10.2. The van der Waals surface area contributed by atoms with Gasteiger partial charge in [0.25, 0.3) is 0 Å². The van der Waals surface area contributed by atoms with Crippen LogP contribution in [0.2, 0.25) is 0 Å². The van der Waals surface area contributed by atoms with Crippen LogP contribution in [-0.2, 0) is 27.7 Å². The Bertz CT molecular complexity index is 926. The van der Waals surface area contributed by atoms with E-state index >= 15 is 0 Å². The Morgan fingerprint density at radius 1 is 1.26 bits per heavy atom. The van der Waals surface area contributed by atoms with Gasteiger partial charge in [0.1, 0.15) is 5.60 Å². The Hall–Kier alpha value is -1.98. The quantitative estimate of drug-likeness (QED) is 0.542. The largest absolute Gasteiger partial charge is 0.444 e. The van der Waals surface area contributed by atoms with Crippen molar-refractivity contribution in [2.24, 2.45) is 0 Å². The second-order valence-electron chi connectivity index (χ2n) is 9.06. The van der Waals surface area contributed by atoms with Gasteiger partial charge in [-0.15, -0.1) is 0 Å². The lowest BCUT2D eigenvalue weighted by Gasteiger charge is -2.30. The maximum atomic E-state index is 12.6. The summed E-state index contributed by atoms with van der Waals surface area (Å²) in [5.41, 5.74) is 1.07. The van der Waals surface area contributed by atoms with Crippen molar-refractivity contribution >= 4 is 16.2 Å². The van der Waals surface area contributed by atoms with Crippen LogP contribution >= 0.6 is 0 Å². The highest BCUT2D eigenvalue weighted by Crippen LogP contribution is 2.43. The average molecular weight is 468 g/mol. The summed E-state index contributed by atoms with van der Waals surface area (Å²) in [6, 6.07) is -0.0142. The van der Waals surface area contributed by atoms with Crippen molar-refractivity contribution in [1.29, 1.82) is 0 Å². The van der Waals surface area contributed by atoms with Crippen LogP contribution in [0, 0.1) is 0 Å². The van der Waals surface area contributed by atoms with Crippen LogP contribution in [0.4, 0.5) is 18.0 Å². The third-order valence-corrected chi connectivity index (χ3v) is 7.24. The molecule has 0 spiro atoms. The maximum absolute atomic E-state index is 12.6. The summed E-state index contributed by atoms with van der Waals surface area (Å²) in [4.78, 5) is 14.2. The number of hydrogen-bond donors (Lipinski definition) is 0. The lowest BCUT2D eigenvalue weighted by molar-refractivity contribution is 0.00809. The number of rotatable bonds is 0. The van der Waals surface area contributed by atoms with E-state index in [2.05, 4.69) is 0 Å². The number of ether oxygens (including phenoxy) is 1. The normalized spacial score (nSPS) is 26.6. The number of amides is 1. The smallest absolute Gasteiger partial charge is 0.410 e. The molecule has 12 heteroatoms. The van der Waals surface area contributed by atoms with Gasteiger partial charge >= 0.3 is 22.9 Å². The number of fused-ring (bicyclic) bond motifs is 6. The highest BCUT2D eigenvalue weighted by molar-refractivity contribution is 7.87. The average Bonchev–Trinajstić information content (AvgIpc) is 3.12. The molecule has 3 aliphatic rings. The Balaban J connectivity index is 0.000000628. The van der Waals surface area contributed by atoms with Gasteiger partial charge in [0.15, 0.2) is 0 Å². The Labute approximate surface area is 179 Å². The lowest BCUT2D eigenvalue weighted by Crippen LogP contribution is -2.43. The van der Waals surface area contributed by atoms with Crippen LogP contribution in [0.25, 0.3) is 0 Å². The molecule has 1 aromatic rings. The molecular formula is C19H28F3N3O5S. The molecular weight excluding hydrogens is 439 g/mol. The molecule has 176 valence electrons. The summed E-state index contributed by atoms with van der Waals surface area (Å²) < 4.78 is 66.9. The maximum Gasteiger partial charge on any atom is 0.410 e. The van der Waals surface area contributed by atoms with Crippen LogP contribution < -0.4 is 4.18 Å². The molecule has 1 amide bonds. The van der Waals surface area contributed by atoms with E-state index in [4.69, 9.17) is 14.0 Å². The van der Waals surface area contributed by atoms with Crippen LogP contribution in [0.1, 0.15) is 64.3 Å². The molecule has 3 atom stereocenters. The monoisotopic (exact) mass is 467 g/mol. The number of carbonyl (C=O) groups excluding carboxylic acids is 1. The van der Waals surface area contributed by atoms with Crippen molar-refractivity contribution in [2.45, 2.75) is 89.4 Å². The molecule has 1 aliphatic carbocycles. The van der Waals surface area contributed by atoms with Crippen molar-refractivity contribution < 1.29 is 35.3 Å². The number of carbonyl (C=O) groups is 1. The molecule has 1 fully saturated rings. The molecule has 4 rings (SSSR count). The third kappa shape index (κ3) is 5.27. The minimum absolute atomic E-state index is 0.0754. The highest BCUT2D eigenvalue weighted by atomic mass is 32.2. The summed E-state index contributed by atoms with van der Waals surface area (Å²) >= 11 is 0. The van der Waals surface area contributed by atoms with Gasteiger partial charge in [-0.3, -0.25) is 0 Å². The zero-order valence-electron chi connectivity index (χ0n) is 18.0. The number of nitrogens with zero attached hydrogens (tertiary/aromatic N) is 3. The second-order valence-corrected chi connectivity index (χ2v) is 10.9. The van der Waals surface area contributed by atoms with Crippen molar-refractivity contribution in [3.63, 3.8) is 0 Å². The SMILES string of the molecule is CC1Cc2nn3c(c2CCN1C(=O)OC(C)(C)C)OS(=O)(=O)C1CCC3C1.FC(F)F. The van der Waals surface area contributed by atoms with E-state index in [1.54, 1.807) is 9.58 Å². The van der Waals surface area contributed by atoms with Crippen molar-refractivity contribution in [3.05, 3.63) is 11.3 Å². The highest BCUT2D eigenvalue weighted by Gasteiger charge is 2.44. The van der Waals surface area contributed by atoms with Crippen LogP contribution in [0.3, 0.4) is 0 Å². The number of alkyl halides is 3. The standard InChI is InChI=1S/C18H27N3O5S.CHF3/c1-11-9-15-14(7-8-20(11)17(22)25-18(2,3)4)16-21(19-15)12-5-6-13(10-12)27(23,24)26-16;2-1(3)4/h11-13H,5-10H2,1-4H3;1H. The zero-order valence-corrected chi connectivity index (χ0v) is 18.8. The van der Waals surface area contributed by atoms with Gasteiger partial charge in [-0.2, -0.15) is 26.7 Å². The zero-order chi connectivity index (χ0) is 23.1. The van der Waals surface area contributed by atoms with Gasteiger partial charge in [0.05, 0.1) is 17.0 Å².